The molecule has 1 amide bonds. The molecule has 1 aromatic carbocycles. The average Bonchev–Trinajstić information content (AvgIpc) is 3.18. The molecule has 0 atom stereocenters. The zero-order valence-electron chi connectivity index (χ0n) is 19.6. The van der Waals surface area contributed by atoms with E-state index in [1.807, 2.05) is 12.3 Å². The fraction of sp³-hybridized carbons (Fsp3) is 0.464. The molecule has 4 nitrogen and oxygen atoms in total. The molecule has 174 valence electrons. The molecule has 0 saturated heterocycles. The number of phenolic OH excluding ortho intramolecular Hbond substituents is 1. The van der Waals surface area contributed by atoms with Gasteiger partial charge in [-0.25, -0.2) is 0 Å². The van der Waals surface area contributed by atoms with E-state index in [1.165, 1.54) is 25.7 Å². The maximum absolute atomic E-state index is 12.0. The third-order valence-electron chi connectivity index (χ3n) is 5.51. The van der Waals surface area contributed by atoms with Crippen molar-refractivity contribution in [2.24, 2.45) is 0 Å². The maximum Gasteiger partial charge on any atom is 0.220 e. The first-order valence-electron chi connectivity index (χ1n) is 12.2. The molecule has 4 heteroatoms. The number of benzene rings is 1. The second-order valence-electron chi connectivity index (χ2n) is 8.27. The zero-order valence-corrected chi connectivity index (χ0v) is 19.6. The molecule has 0 unspecified atom stereocenters. The second-order valence-corrected chi connectivity index (χ2v) is 8.27. The van der Waals surface area contributed by atoms with E-state index in [1.54, 1.807) is 12.1 Å². The van der Waals surface area contributed by atoms with E-state index in [4.69, 9.17) is 0 Å². The van der Waals surface area contributed by atoms with E-state index in [0.29, 0.717) is 13.0 Å². The van der Waals surface area contributed by atoms with Gasteiger partial charge < -0.3 is 15.4 Å². The van der Waals surface area contributed by atoms with Crippen LogP contribution in [0.2, 0.25) is 0 Å². The molecule has 0 radical (unpaired) electrons. The number of aromatic hydroxyl groups is 1. The predicted molar refractivity (Wildman–Crippen MR) is 136 cm³/mol. The van der Waals surface area contributed by atoms with Gasteiger partial charge >= 0.3 is 0 Å². The van der Waals surface area contributed by atoms with Crippen LogP contribution in [-0.2, 0) is 11.2 Å². The minimum absolute atomic E-state index is 0.113. The molecular weight excluding hydrogens is 396 g/mol. The Balaban J connectivity index is 1.46. The molecule has 2 rings (SSSR count). The van der Waals surface area contributed by atoms with Gasteiger partial charge in [-0.05, 0) is 75.1 Å². The number of nitrogens with one attached hydrogen (secondary N) is 2. The number of fused-ring (bicyclic) bond motifs is 1. The SMILES string of the molecule is CCCCC/C=C\C/C=C\C/C=C\CCCCC(=O)NCCc1c[nH]c2ccc(O)cc12. The lowest BCUT2D eigenvalue weighted by atomic mass is 10.1. The average molecular weight is 437 g/mol. The molecular formula is C28H40N2O2. The molecule has 0 aliphatic rings. The number of phenols is 1. The Morgan fingerprint density at radius 1 is 0.969 bits per heavy atom. The molecule has 0 aliphatic carbocycles. The van der Waals surface area contributed by atoms with Gasteiger partial charge in [-0.15, -0.1) is 0 Å². The van der Waals surface area contributed by atoms with Crippen molar-refractivity contribution in [3.8, 4) is 5.75 Å². The lowest BCUT2D eigenvalue weighted by Crippen LogP contribution is -2.25. The van der Waals surface area contributed by atoms with Gasteiger partial charge in [0.05, 0.1) is 0 Å². The summed E-state index contributed by atoms with van der Waals surface area (Å²) in [6, 6.07) is 5.30. The van der Waals surface area contributed by atoms with Gasteiger partial charge in [0, 0.05) is 30.1 Å². The number of allylic oxidation sites excluding steroid dienone is 6. The van der Waals surface area contributed by atoms with Crippen LogP contribution in [0, 0.1) is 0 Å². The van der Waals surface area contributed by atoms with Crippen LogP contribution >= 0.6 is 0 Å². The smallest absolute Gasteiger partial charge is 0.220 e. The highest BCUT2D eigenvalue weighted by Crippen LogP contribution is 2.23. The lowest BCUT2D eigenvalue weighted by molar-refractivity contribution is -0.121. The standard InChI is InChI=1S/C28H40N2O2/c1-2-3-4-5-6-7-8-9-10-11-12-13-14-15-16-17-28(32)29-21-20-24-23-30-27-19-18-25(31)22-26(24)27/h6-7,9-10,12-13,18-19,22-23,30-31H,2-5,8,11,14-17,20-21H2,1H3,(H,29,32)/b7-6-,10-9-,13-12-. The summed E-state index contributed by atoms with van der Waals surface area (Å²) in [5.41, 5.74) is 2.11. The zero-order chi connectivity index (χ0) is 22.9. The highest BCUT2D eigenvalue weighted by molar-refractivity contribution is 5.84. The van der Waals surface area contributed by atoms with Crippen LogP contribution in [0.3, 0.4) is 0 Å². The summed E-state index contributed by atoms with van der Waals surface area (Å²) < 4.78 is 0. The number of aromatic amines is 1. The summed E-state index contributed by atoms with van der Waals surface area (Å²) in [7, 11) is 0. The van der Waals surface area contributed by atoms with Gasteiger partial charge in [-0.3, -0.25) is 4.79 Å². The number of hydrogen-bond donors (Lipinski definition) is 3. The number of aromatic nitrogens is 1. The van der Waals surface area contributed by atoms with Crippen molar-refractivity contribution in [3.63, 3.8) is 0 Å². The van der Waals surface area contributed by atoms with E-state index >= 15 is 0 Å². The minimum Gasteiger partial charge on any atom is -0.508 e. The fourth-order valence-corrected chi connectivity index (χ4v) is 3.64. The lowest BCUT2D eigenvalue weighted by Gasteiger charge is -2.04. The van der Waals surface area contributed by atoms with Crippen molar-refractivity contribution < 1.29 is 9.90 Å². The van der Waals surface area contributed by atoms with Crippen LogP contribution in [0.5, 0.6) is 5.75 Å². The quantitative estimate of drug-likeness (QED) is 0.194. The Morgan fingerprint density at radius 2 is 1.66 bits per heavy atom. The van der Waals surface area contributed by atoms with Crippen molar-refractivity contribution in [3.05, 3.63) is 66.4 Å². The summed E-state index contributed by atoms with van der Waals surface area (Å²) in [5, 5.41) is 13.7. The van der Waals surface area contributed by atoms with E-state index in [2.05, 4.69) is 53.7 Å². The Kier molecular flexibility index (Phi) is 12.7. The molecule has 32 heavy (non-hydrogen) atoms. The molecule has 0 saturated carbocycles. The molecule has 2 aromatic rings. The van der Waals surface area contributed by atoms with Gasteiger partial charge in [0.15, 0.2) is 0 Å². The molecule has 0 spiro atoms. The third-order valence-corrected chi connectivity index (χ3v) is 5.51. The monoisotopic (exact) mass is 436 g/mol. The third kappa shape index (κ3) is 10.5. The minimum atomic E-state index is 0.113. The number of H-pyrrole nitrogens is 1. The summed E-state index contributed by atoms with van der Waals surface area (Å²) in [4.78, 5) is 15.2. The van der Waals surface area contributed by atoms with Crippen molar-refractivity contribution in [2.75, 3.05) is 6.54 Å². The summed E-state index contributed by atoms with van der Waals surface area (Å²) in [5.74, 6) is 0.375. The number of amides is 1. The summed E-state index contributed by atoms with van der Waals surface area (Å²) in [6.07, 6.45) is 26.8. The number of rotatable bonds is 16. The van der Waals surface area contributed by atoms with Gasteiger partial charge in [-0.1, -0.05) is 56.2 Å². The fourth-order valence-electron chi connectivity index (χ4n) is 3.64. The van der Waals surface area contributed by atoms with Gasteiger partial charge in [0.1, 0.15) is 5.75 Å². The predicted octanol–water partition coefficient (Wildman–Crippen LogP) is 7.12. The molecule has 1 heterocycles. The highest BCUT2D eigenvalue weighted by Gasteiger charge is 2.06. The van der Waals surface area contributed by atoms with E-state index in [-0.39, 0.29) is 11.7 Å². The first-order valence-corrected chi connectivity index (χ1v) is 12.2. The first-order chi connectivity index (χ1) is 15.7. The molecule has 3 N–H and O–H groups in total. The number of carbonyl (C=O) groups is 1. The van der Waals surface area contributed by atoms with Crippen molar-refractivity contribution in [1.29, 1.82) is 0 Å². The number of hydrogen-bond acceptors (Lipinski definition) is 2. The maximum atomic E-state index is 12.0. The molecule has 0 bridgehead atoms. The first kappa shape index (κ1) is 25.5. The van der Waals surface area contributed by atoms with Crippen LogP contribution in [0.25, 0.3) is 10.9 Å². The van der Waals surface area contributed by atoms with Crippen molar-refractivity contribution in [2.45, 2.75) is 77.6 Å². The normalized spacial score (nSPS) is 12.0. The Labute approximate surface area is 193 Å². The topological polar surface area (TPSA) is 65.1 Å². The van der Waals surface area contributed by atoms with E-state index in [9.17, 15) is 9.90 Å². The van der Waals surface area contributed by atoms with Gasteiger partial charge in [0.25, 0.3) is 0 Å². The molecule has 0 aliphatic heterocycles. The van der Waals surface area contributed by atoms with Crippen LogP contribution in [0.4, 0.5) is 0 Å². The van der Waals surface area contributed by atoms with Crippen LogP contribution < -0.4 is 5.32 Å². The highest BCUT2D eigenvalue weighted by atomic mass is 16.3. The summed E-state index contributed by atoms with van der Waals surface area (Å²) >= 11 is 0. The summed E-state index contributed by atoms with van der Waals surface area (Å²) in [6.45, 7) is 2.85. The number of carbonyl (C=O) groups excluding carboxylic acids is 1. The largest absolute Gasteiger partial charge is 0.508 e. The van der Waals surface area contributed by atoms with Crippen LogP contribution in [-0.4, -0.2) is 22.5 Å². The second kappa shape index (κ2) is 16.0. The Bertz CT molecular complexity index is 877. The Morgan fingerprint density at radius 3 is 2.38 bits per heavy atom. The van der Waals surface area contributed by atoms with E-state index in [0.717, 1.165) is 55.0 Å². The van der Waals surface area contributed by atoms with Gasteiger partial charge in [-0.2, -0.15) is 0 Å². The van der Waals surface area contributed by atoms with Crippen LogP contribution in [0.1, 0.15) is 76.7 Å². The Hall–Kier alpha value is -2.75. The van der Waals surface area contributed by atoms with Crippen molar-refractivity contribution in [1.82, 2.24) is 10.3 Å². The van der Waals surface area contributed by atoms with Crippen molar-refractivity contribution >= 4 is 16.8 Å². The molecule has 0 fully saturated rings. The number of unbranched alkanes of at least 4 members (excludes halogenated alkanes) is 5. The molecule has 1 aromatic heterocycles. The van der Waals surface area contributed by atoms with E-state index < -0.39 is 0 Å². The van der Waals surface area contributed by atoms with Crippen LogP contribution in [0.15, 0.2) is 60.9 Å². The van der Waals surface area contributed by atoms with Gasteiger partial charge in [0.2, 0.25) is 5.91 Å².